The third-order valence-corrected chi connectivity index (χ3v) is 3.17. The molecule has 2 N–H and O–H groups in total. The molecule has 1 aliphatic rings. The third kappa shape index (κ3) is 1.81. The number of hydrogen-bond donors (Lipinski definition) is 1. The van der Waals surface area contributed by atoms with E-state index in [9.17, 15) is 0 Å². The maximum Gasteiger partial charge on any atom is 0.111 e. The molecule has 84 valence electrons. The van der Waals surface area contributed by atoms with Crippen LogP contribution < -0.4 is 5.73 Å². The zero-order valence-electron chi connectivity index (χ0n) is 10.1. The van der Waals surface area contributed by atoms with Crippen LogP contribution in [0.5, 0.6) is 0 Å². The van der Waals surface area contributed by atoms with Crippen molar-refractivity contribution in [2.45, 2.75) is 58.0 Å². The second-order valence-electron chi connectivity index (χ2n) is 5.76. The highest BCUT2D eigenvalue weighted by Crippen LogP contribution is 2.31. The Kier molecular flexibility index (Phi) is 2.38. The van der Waals surface area contributed by atoms with Crippen molar-refractivity contribution in [3.8, 4) is 0 Å². The first-order chi connectivity index (χ1) is 6.89. The molecule has 0 fully saturated rings. The first kappa shape index (κ1) is 10.7. The minimum absolute atomic E-state index is 0.155. The first-order valence-corrected chi connectivity index (χ1v) is 5.71. The summed E-state index contributed by atoms with van der Waals surface area (Å²) in [6.45, 7) is 9.81. The smallest absolute Gasteiger partial charge is 0.111 e. The van der Waals surface area contributed by atoms with Crippen LogP contribution in [0.3, 0.4) is 0 Å². The van der Waals surface area contributed by atoms with E-state index in [-0.39, 0.29) is 11.5 Å². The zero-order chi connectivity index (χ0) is 11.2. The van der Waals surface area contributed by atoms with E-state index in [1.54, 1.807) is 0 Å². The Bertz CT molecular complexity index is 359. The standard InChI is InChI=1S/C12H21N3/c1-8-5-9(13)7-15-10(12(2,3)4)6-14-11(8)15/h6,8-9H,5,7,13H2,1-4H3. The predicted molar refractivity (Wildman–Crippen MR) is 61.9 cm³/mol. The van der Waals surface area contributed by atoms with Crippen molar-refractivity contribution in [1.29, 1.82) is 0 Å². The van der Waals surface area contributed by atoms with Gasteiger partial charge in [-0.3, -0.25) is 0 Å². The molecule has 3 heteroatoms. The quantitative estimate of drug-likeness (QED) is 0.707. The Morgan fingerprint density at radius 1 is 1.47 bits per heavy atom. The number of hydrogen-bond acceptors (Lipinski definition) is 2. The lowest BCUT2D eigenvalue weighted by Crippen LogP contribution is -2.35. The summed E-state index contributed by atoms with van der Waals surface area (Å²) in [6, 6.07) is 0.280. The van der Waals surface area contributed by atoms with Crippen LogP contribution in [0.1, 0.15) is 51.6 Å². The van der Waals surface area contributed by atoms with E-state index < -0.39 is 0 Å². The van der Waals surface area contributed by atoms with E-state index in [2.05, 4.69) is 37.2 Å². The molecule has 0 saturated carbocycles. The topological polar surface area (TPSA) is 43.8 Å². The molecule has 2 atom stereocenters. The summed E-state index contributed by atoms with van der Waals surface area (Å²) >= 11 is 0. The van der Waals surface area contributed by atoms with Gasteiger partial charge in [0, 0.05) is 35.8 Å². The highest BCUT2D eigenvalue weighted by atomic mass is 15.1. The van der Waals surface area contributed by atoms with Crippen molar-refractivity contribution in [2.24, 2.45) is 5.73 Å². The summed E-state index contributed by atoms with van der Waals surface area (Å²) in [5.74, 6) is 1.70. The summed E-state index contributed by atoms with van der Waals surface area (Å²) < 4.78 is 2.32. The van der Waals surface area contributed by atoms with Gasteiger partial charge in [0.2, 0.25) is 0 Å². The summed E-state index contributed by atoms with van der Waals surface area (Å²) in [7, 11) is 0. The highest BCUT2D eigenvalue weighted by molar-refractivity contribution is 5.18. The van der Waals surface area contributed by atoms with Crippen molar-refractivity contribution in [1.82, 2.24) is 9.55 Å². The number of fused-ring (bicyclic) bond motifs is 1. The van der Waals surface area contributed by atoms with Gasteiger partial charge in [-0.05, 0) is 6.42 Å². The van der Waals surface area contributed by atoms with E-state index in [0.717, 1.165) is 13.0 Å². The molecule has 2 unspecified atom stereocenters. The van der Waals surface area contributed by atoms with Gasteiger partial charge in [0.25, 0.3) is 0 Å². The Morgan fingerprint density at radius 3 is 2.73 bits per heavy atom. The fraction of sp³-hybridized carbons (Fsp3) is 0.750. The van der Waals surface area contributed by atoms with Gasteiger partial charge in [0.15, 0.2) is 0 Å². The van der Waals surface area contributed by atoms with Crippen LogP contribution in [0.2, 0.25) is 0 Å². The third-order valence-electron chi connectivity index (χ3n) is 3.17. The molecule has 0 aliphatic carbocycles. The molecule has 1 aromatic heterocycles. The van der Waals surface area contributed by atoms with Crippen LogP contribution in [-0.2, 0) is 12.0 Å². The molecule has 0 amide bonds. The van der Waals surface area contributed by atoms with Crippen LogP contribution >= 0.6 is 0 Å². The number of rotatable bonds is 0. The Balaban J connectivity index is 2.46. The van der Waals surface area contributed by atoms with E-state index in [4.69, 9.17) is 5.73 Å². The molecule has 0 bridgehead atoms. The van der Waals surface area contributed by atoms with Crippen molar-refractivity contribution < 1.29 is 0 Å². The molecule has 2 rings (SSSR count). The summed E-state index contributed by atoms with van der Waals surface area (Å²) in [4.78, 5) is 4.55. The Hall–Kier alpha value is -0.830. The molecular formula is C12H21N3. The maximum absolute atomic E-state index is 6.06. The molecule has 1 aliphatic heterocycles. The zero-order valence-corrected chi connectivity index (χ0v) is 10.1. The fourth-order valence-corrected chi connectivity index (χ4v) is 2.44. The average Bonchev–Trinajstić information content (AvgIpc) is 2.45. The van der Waals surface area contributed by atoms with Gasteiger partial charge in [-0.2, -0.15) is 0 Å². The minimum Gasteiger partial charge on any atom is -0.330 e. The lowest BCUT2D eigenvalue weighted by molar-refractivity contribution is 0.383. The van der Waals surface area contributed by atoms with Crippen LogP contribution in [0.15, 0.2) is 6.20 Å². The van der Waals surface area contributed by atoms with Gasteiger partial charge in [-0.25, -0.2) is 4.98 Å². The van der Waals surface area contributed by atoms with Crippen molar-refractivity contribution >= 4 is 0 Å². The van der Waals surface area contributed by atoms with Crippen molar-refractivity contribution in [3.63, 3.8) is 0 Å². The van der Waals surface area contributed by atoms with Gasteiger partial charge in [-0.15, -0.1) is 0 Å². The van der Waals surface area contributed by atoms with Gasteiger partial charge >= 0.3 is 0 Å². The maximum atomic E-state index is 6.06. The number of imidazole rings is 1. The largest absolute Gasteiger partial charge is 0.330 e. The van der Waals surface area contributed by atoms with Gasteiger partial charge in [-0.1, -0.05) is 27.7 Å². The molecular weight excluding hydrogens is 186 g/mol. The minimum atomic E-state index is 0.155. The SMILES string of the molecule is CC1CC(N)Cn2c(C(C)(C)C)cnc21. The van der Waals surface area contributed by atoms with Crippen LogP contribution in [0, 0.1) is 0 Å². The monoisotopic (exact) mass is 207 g/mol. The molecule has 2 heterocycles. The van der Waals surface area contributed by atoms with E-state index in [0.29, 0.717) is 5.92 Å². The predicted octanol–water partition coefficient (Wildman–Crippen LogP) is 2.02. The van der Waals surface area contributed by atoms with E-state index in [1.165, 1.54) is 11.5 Å². The lowest BCUT2D eigenvalue weighted by atomic mass is 9.91. The normalized spacial score (nSPS) is 26.5. The Morgan fingerprint density at radius 2 is 2.13 bits per heavy atom. The summed E-state index contributed by atoms with van der Waals surface area (Å²) in [5, 5.41) is 0. The van der Waals surface area contributed by atoms with Gasteiger partial charge in [0.1, 0.15) is 5.82 Å². The van der Waals surface area contributed by atoms with Crippen molar-refractivity contribution in [2.75, 3.05) is 0 Å². The number of aromatic nitrogens is 2. The molecule has 0 saturated heterocycles. The van der Waals surface area contributed by atoms with Crippen LogP contribution in [0.4, 0.5) is 0 Å². The molecule has 0 aromatic carbocycles. The highest BCUT2D eigenvalue weighted by Gasteiger charge is 2.28. The second kappa shape index (κ2) is 3.34. The van der Waals surface area contributed by atoms with Gasteiger partial charge < -0.3 is 10.3 Å². The number of nitrogens with zero attached hydrogens (tertiary/aromatic N) is 2. The molecule has 0 spiro atoms. The summed E-state index contributed by atoms with van der Waals surface area (Å²) in [5.41, 5.74) is 7.52. The van der Waals surface area contributed by atoms with E-state index in [1.807, 2.05) is 6.20 Å². The van der Waals surface area contributed by atoms with Crippen molar-refractivity contribution in [3.05, 3.63) is 17.7 Å². The molecule has 0 radical (unpaired) electrons. The van der Waals surface area contributed by atoms with Crippen LogP contribution in [0.25, 0.3) is 0 Å². The molecule has 1 aromatic rings. The fourth-order valence-electron chi connectivity index (χ4n) is 2.44. The van der Waals surface area contributed by atoms with Crippen LogP contribution in [-0.4, -0.2) is 15.6 Å². The first-order valence-electron chi connectivity index (χ1n) is 5.71. The summed E-state index contributed by atoms with van der Waals surface area (Å²) in [6.07, 6.45) is 3.07. The van der Waals surface area contributed by atoms with E-state index >= 15 is 0 Å². The number of nitrogens with two attached hydrogens (primary N) is 1. The second-order valence-corrected chi connectivity index (χ2v) is 5.76. The van der Waals surface area contributed by atoms with Gasteiger partial charge in [0.05, 0.1) is 0 Å². The average molecular weight is 207 g/mol. The molecule has 3 nitrogen and oxygen atoms in total. The Labute approximate surface area is 91.7 Å². The molecule has 15 heavy (non-hydrogen) atoms. The lowest BCUT2D eigenvalue weighted by Gasteiger charge is -2.30.